The number of aromatic nitrogens is 1. The average molecular weight is 332 g/mol. The molecular weight excluding hydrogens is 312 g/mol. The second kappa shape index (κ2) is 8.22. The van der Waals surface area contributed by atoms with Crippen molar-refractivity contribution in [2.45, 2.75) is 6.54 Å². The maximum absolute atomic E-state index is 12.6. The molecule has 0 radical (unpaired) electrons. The largest absolute Gasteiger partial charge is 0.395 e. The minimum Gasteiger partial charge on any atom is -0.395 e. The third-order valence-electron chi connectivity index (χ3n) is 3.97. The van der Waals surface area contributed by atoms with Crippen molar-refractivity contribution in [1.29, 1.82) is 0 Å². The van der Waals surface area contributed by atoms with E-state index in [0.29, 0.717) is 13.1 Å². The fraction of sp³-hybridized carbons (Fsp3) is 0.143. The van der Waals surface area contributed by atoms with E-state index in [-0.39, 0.29) is 12.5 Å². The van der Waals surface area contributed by atoms with Crippen LogP contribution in [0.2, 0.25) is 0 Å². The summed E-state index contributed by atoms with van der Waals surface area (Å²) in [7, 11) is 0. The summed E-state index contributed by atoms with van der Waals surface area (Å²) in [6.45, 7) is 0.701. The van der Waals surface area contributed by atoms with Crippen molar-refractivity contribution in [3.63, 3.8) is 0 Å². The molecule has 0 atom stereocenters. The Hall–Kier alpha value is -2.98. The summed E-state index contributed by atoms with van der Waals surface area (Å²) in [5.74, 6) is -0.133. The van der Waals surface area contributed by atoms with Crippen LogP contribution in [-0.4, -0.2) is 34.0 Å². The van der Waals surface area contributed by atoms with E-state index < -0.39 is 0 Å². The lowest BCUT2D eigenvalue weighted by Crippen LogP contribution is -2.31. The van der Waals surface area contributed by atoms with Gasteiger partial charge in [0.2, 0.25) is 5.91 Å². The van der Waals surface area contributed by atoms with Crippen LogP contribution < -0.4 is 0 Å². The van der Waals surface area contributed by atoms with E-state index in [1.54, 1.807) is 23.2 Å². The molecule has 0 unspecified atom stereocenters. The summed E-state index contributed by atoms with van der Waals surface area (Å²) < 4.78 is 0. The van der Waals surface area contributed by atoms with Crippen molar-refractivity contribution in [1.82, 2.24) is 9.88 Å². The van der Waals surface area contributed by atoms with Crippen LogP contribution in [-0.2, 0) is 11.3 Å². The van der Waals surface area contributed by atoms with Gasteiger partial charge in [0.25, 0.3) is 0 Å². The van der Waals surface area contributed by atoms with Gasteiger partial charge in [-0.15, -0.1) is 0 Å². The zero-order valence-electron chi connectivity index (χ0n) is 13.9. The third kappa shape index (κ3) is 4.31. The number of carbonyl (C=O) groups is 1. The average Bonchev–Trinajstić information content (AvgIpc) is 2.66. The van der Waals surface area contributed by atoms with Crippen LogP contribution in [0.15, 0.2) is 72.9 Å². The molecule has 0 saturated carbocycles. The maximum Gasteiger partial charge on any atom is 0.246 e. The van der Waals surface area contributed by atoms with Gasteiger partial charge < -0.3 is 10.0 Å². The first-order valence-corrected chi connectivity index (χ1v) is 8.23. The number of hydrogen-bond donors (Lipinski definition) is 1. The minimum atomic E-state index is -0.133. The molecule has 25 heavy (non-hydrogen) atoms. The van der Waals surface area contributed by atoms with Crippen molar-refractivity contribution in [2.24, 2.45) is 0 Å². The lowest BCUT2D eigenvalue weighted by atomic mass is 10.1. The van der Waals surface area contributed by atoms with Crippen molar-refractivity contribution in [3.05, 3.63) is 84.1 Å². The van der Waals surface area contributed by atoms with E-state index in [1.165, 1.54) is 0 Å². The molecule has 0 aliphatic rings. The standard InChI is InChI=1S/C21H20N2O2/c24-15-14-23(16-17-6-2-1-3-7-17)20(25)12-11-19-9-4-8-18-10-5-13-22-21(18)19/h1-13,24H,14-16H2/b12-11+. The van der Waals surface area contributed by atoms with Crippen LogP contribution in [0.4, 0.5) is 0 Å². The van der Waals surface area contributed by atoms with Crippen molar-refractivity contribution < 1.29 is 9.90 Å². The molecule has 0 aliphatic heterocycles. The van der Waals surface area contributed by atoms with E-state index in [4.69, 9.17) is 0 Å². The molecule has 3 rings (SSSR count). The van der Waals surface area contributed by atoms with Gasteiger partial charge in [-0.1, -0.05) is 54.6 Å². The monoisotopic (exact) mass is 332 g/mol. The first-order chi connectivity index (χ1) is 12.3. The Morgan fingerprint density at radius 3 is 2.64 bits per heavy atom. The minimum absolute atomic E-state index is 0.0672. The fourth-order valence-corrected chi connectivity index (χ4v) is 2.72. The Morgan fingerprint density at radius 2 is 1.84 bits per heavy atom. The molecule has 4 heteroatoms. The molecule has 4 nitrogen and oxygen atoms in total. The number of amides is 1. The van der Waals surface area contributed by atoms with Gasteiger partial charge in [-0.3, -0.25) is 9.78 Å². The predicted octanol–water partition coefficient (Wildman–Crippen LogP) is 3.27. The molecule has 0 aliphatic carbocycles. The Balaban J connectivity index is 1.79. The summed E-state index contributed by atoms with van der Waals surface area (Å²) in [4.78, 5) is 18.6. The van der Waals surface area contributed by atoms with Crippen molar-refractivity contribution in [3.8, 4) is 0 Å². The first-order valence-electron chi connectivity index (χ1n) is 8.23. The Morgan fingerprint density at radius 1 is 1.04 bits per heavy atom. The molecule has 3 aromatic rings. The third-order valence-corrected chi connectivity index (χ3v) is 3.97. The van der Waals surface area contributed by atoms with Gasteiger partial charge in [-0.2, -0.15) is 0 Å². The molecule has 2 aromatic carbocycles. The molecule has 1 heterocycles. The Labute approximate surface area is 147 Å². The Bertz CT molecular complexity index is 870. The van der Waals surface area contributed by atoms with Crippen LogP contribution in [0.3, 0.4) is 0 Å². The molecule has 1 amide bonds. The number of carbonyl (C=O) groups excluding carboxylic acids is 1. The summed E-state index contributed by atoms with van der Waals surface area (Å²) in [6, 6.07) is 19.5. The van der Waals surface area contributed by atoms with Crippen LogP contribution in [0.25, 0.3) is 17.0 Å². The number of nitrogens with zero attached hydrogens (tertiary/aromatic N) is 2. The van der Waals surface area contributed by atoms with Gasteiger partial charge in [0, 0.05) is 36.3 Å². The molecule has 0 spiro atoms. The normalized spacial score (nSPS) is 11.1. The molecule has 126 valence electrons. The summed E-state index contributed by atoms with van der Waals surface area (Å²) >= 11 is 0. The number of pyridine rings is 1. The van der Waals surface area contributed by atoms with Gasteiger partial charge in [-0.25, -0.2) is 0 Å². The van der Waals surface area contributed by atoms with Gasteiger partial charge in [-0.05, 0) is 17.7 Å². The second-order valence-electron chi connectivity index (χ2n) is 5.72. The van der Waals surface area contributed by atoms with Gasteiger partial charge >= 0.3 is 0 Å². The summed E-state index contributed by atoms with van der Waals surface area (Å²) in [5, 5.41) is 10.3. The fourth-order valence-electron chi connectivity index (χ4n) is 2.72. The molecule has 0 bridgehead atoms. The highest BCUT2D eigenvalue weighted by molar-refractivity contribution is 5.95. The first kappa shape index (κ1) is 16.9. The number of hydrogen-bond acceptors (Lipinski definition) is 3. The number of benzene rings is 2. The summed E-state index contributed by atoms with van der Waals surface area (Å²) in [5.41, 5.74) is 2.80. The number of aliphatic hydroxyl groups excluding tert-OH is 1. The number of aliphatic hydroxyl groups is 1. The number of para-hydroxylation sites is 1. The van der Waals surface area contributed by atoms with E-state index in [9.17, 15) is 9.90 Å². The number of fused-ring (bicyclic) bond motifs is 1. The maximum atomic E-state index is 12.6. The molecular formula is C21H20N2O2. The highest BCUT2D eigenvalue weighted by Crippen LogP contribution is 2.17. The molecule has 0 saturated heterocycles. The summed E-state index contributed by atoms with van der Waals surface area (Å²) in [6.07, 6.45) is 5.07. The van der Waals surface area contributed by atoms with Gasteiger partial charge in [0.1, 0.15) is 0 Å². The van der Waals surface area contributed by atoms with Crippen molar-refractivity contribution in [2.75, 3.05) is 13.2 Å². The van der Waals surface area contributed by atoms with E-state index in [1.807, 2.05) is 60.7 Å². The lowest BCUT2D eigenvalue weighted by Gasteiger charge is -2.20. The van der Waals surface area contributed by atoms with E-state index >= 15 is 0 Å². The molecule has 0 fully saturated rings. The second-order valence-corrected chi connectivity index (χ2v) is 5.72. The van der Waals surface area contributed by atoms with E-state index in [2.05, 4.69) is 4.98 Å². The number of rotatable bonds is 6. The van der Waals surface area contributed by atoms with Crippen LogP contribution in [0.1, 0.15) is 11.1 Å². The predicted molar refractivity (Wildman–Crippen MR) is 99.7 cm³/mol. The van der Waals surface area contributed by atoms with Crippen LogP contribution >= 0.6 is 0 Å². The molecule has 1 N–H and O–H groups in total. The van der Waals surface area contributed by atoms with E-state index in [0.717, 1.165) is 22.0 Å². The highest BCUT2D eigenvalue weighted by Gasteiger charge is 2.11. The topological polar surface area (TPSA) is 53.4 Å². The SMILES string of the molecule is O=C(/C=C/c1cccc2cccnc12)N(CCO)Cc1ccccc1. The lowest BCUT2D eigenvalue weighted by molar-refractivity contribution is -0.127. The molecule has 1 aromatic heterocycles. The van der Waals surface area contributed by atoms with Gasteiger partial charge in [0.05, 0.1) is 12.1 Å². The zero-order valence-corrected chi connectivity index (χ0v) is 13.9. The van der Waals surface area contributed by atoms with Crippen LogP contribution in [0.5, 0.6) is 0 Å². The van der Waals surface area contributed by atoms with Crippen molar-refractivity contribution >= 4 is 22.9 Å². The zero-order chi connectivity index (χ0) is 17.5. The quantitative estimate of drug-likeness (QED) is 0.705. The highest BCUT2D eigenvalue weighted by atomic mass is 16.3. The van der Waals surface area contributed by atoms with Crippen LogP contribution in [0, 0.1) is 0 Å². The Kier molecular flexibility index (Phi) is 5.54. The smallest absolute Gasteiger partial charge is 0.246 e. The van der Waals surface area contributed by atoms with Gasteiger partial charge in [0.15, 0.2) is 0 Å².